The van der Waals surface area contributed by atoms with Gasteiger partial charge in [0.25, 0.3) is 0 Å². The number of fused-ring (bicyclic) bond motifs is 1. The number of aryl methyl sites for hydroxylation is 1. The first-order valence-corrected chi connectivity index (χ1v) is 12.6. The van der Waals surface area contributed by atoms with E-state index in [1.54, 1.807) is 6.20 Å². The molecule has 4 aromatic rings. The standard InChI is InChI=1S/C27H33FN8/c1-5-34-10-12-35(13-11-34)17-20-6-8-22(9-7-20)32-27-30-16-23(28)25(33-27)21-14-24-26(29-15-21)31-19(4)36(24)18(2)3/h6-9,14-16,18H,5,10-13,17H2,1-4H3,(H,30,32,33). The zero-order chi connectivity index (χ0) is 25.2. The Kier molecular flexibility index (Phi) is 6.93. The van der Waals surface area contributed by atoms with Crippen LogP contribution in [0.1, 0.15) is 38.2 Å². The number of nitrogens with zero attached hydrogens (tertiary/aromatic N) is 7. The number of imidazole rings is 1. The van der Waals surface area contributed by atoms with Crippen LogP contribution in [-0.2, 0) is 6.54 Å². The summed E-state index contributed by atoms with van der Waals surface area (Å²) in [5, 5.41) is 3.21. The van der Waals surface area contributed by atoms with Crippen molar-refractivity contribution in [2.24, 2.45) is 0 Å². The summed E-state index contributed by atoms with van der Waals surface area (Å²) >= 11 is 0. The van der Waals surface area contributed by atoms with Gasteiger partial charge in [-0.05, 0) is 51.1 Å². The van der Waals surface area contributed by atoms with Gasteiger partial charge in [-0.3, -0.25) is 4.90 Å². The maximum Gasteiger partial charge on any atom is 0.227 e. The fourth-order valence-corrected chi connectivity index (χ4v) is 4.85. The van der Waals surface area contributed by atoms with Crippen molar-refractivity contribution in [2.45, 2.75) is 40.3 Å². The quantitative estimate of drug-likeness (QED) is 0.401. The van der Waals surface area contributed by atoms with Crippen molar-refractivity contribution >= 4 is 22.8 Å². The lowest BCUT2D eigenvalue weighted by Gasteiger charge is -2.34. The van der Waals surface area contributed by atoms with Crippen LogP contribution in [0.5, 0.6) is 0 Å². The molecule has 0 aliphatic carbocycles. The van der Waals surface area contributed by atoms with Crippen molar-refractivity contribution in [2.75, 3.05) is 38.0 Å². The number of nitrogens with one attached hydrogen (secondary N) is 1. The number of rotatable bonds is 7. The number of anilines is 2. The van der Waals surface area contributed by atoms with E-state index >= 15 is 0 Å². The zero-order valence-electron chi connectivity index (χ0n) is 21.4. The first-order chi connectivity index (χ1) is 17.4. The molecule has 0 bridgehead atoms. The minimum absolute atomic E-state index is 0.207. The van der Waals surface area contributed by atoms with Crippen LogP contribution >= 0.6 is 0 Å². The summed E-state index contributed by atoms with van der Waals surface area (Å²) in [6, 6.07) is 10.4. The van der Waals surface area contributed by atoms with Gasteiger partial charge in [0.15, 0.2) is 11.5 Å². The molecule has 1 N–H and O–H groups in total. The first-order valence-electron chi connectivity index (χ1n) is 12.6. The predicted octanol–water partition coefficient (Wildman–Crippen LogP) is 4.80. The normalized spacial score (nSPS) is 15.2. The number of piperazine rings is 1. The fourth-order valence-electron chi connectivity index (χ4n) is 4.85. The summed E-state index contributed by atoms with van der Waals surface area (Å²) < 4.78 is 16.9. The molecule has 0 atom stereocenters. The van der Waals surface area contributed by atoms with Crippen LogP contribution in [0.2, 0.25) is 0 Å². The molecule has 8 nitrogen and oxygen atoms in total. The number of hydrogen-bond donors (Lipinski definition) is 1. The molecule has 0 amide bonds. The highest BCUT2D eigenvalue weighted by Gasteiger charge is 2.17. The number of likely N-dealkylation sites (N-methyl/N-ethyl adjacent to an activating group) is 1. The number of halogens is 1. The molecule has 1 aliphatic rings. The van der Waals surface area contributed by atoms with Crippen LogP contribution in [-0.4, -0.2) is 67.0 Å². The zero-order valence-corrected chi connectivity index (χ0v) is 21.4. The fraction of sp³-hybridized carbons (Fsp3) is 0.407. The van der Waals surface area contributed by atoms with Crippen molar-refractivity contribution in [3.8, 4) is 11.3 Å². The van der Waals surface area contributed by atoms with Crippen LogP contribution < -0.4 is 5.32 Å². The van der Waals surface area contributed by atoms with E-state index in [9.17, 15) is 4.39 Å². The molecule has 1 aromatic carbocycles. The highest BCUT2D eigenvalue weighted by molar-refractivity contribution is 5.78. The largest absolute Gasteiger partial charge is 0.324 e. The molecule has 5 rings (SSSR count). The molecule has 9 heteroatoms. The van der Waals surface area contributed by atoms with Gasteiger partial charge in [0.1, 0.15) is 11.5 Å². The van der Waals surface area contributed by atoms with Crippen LogP contribution in [0.3, 0.4) is 0 Å². The Bertz CT molecular complexity index is 1340. The van der Waals surface area contributed by atoms with Gasteiger partial charge < -0.3 is 14.8 Å². The van der Waals surface area contributed by atoms with Crippen LogP contribution in [0.25, 0.3) is 22.4 Å². The SMILES string of the molecule is CCN1CCN(Cc2ccc(Nc3ncc(F)c(-c4cnc5nc(C)n(C(C)C)c5c4)n3)cc2)CC1. The Morgan fingerprint density at radius 3 is 2.39 bits per heavy atom. The Labute approximate surface area is 211 Å². The summed E-state index contributed by atoms with van der Waals surface area (Å²) in [7, 11) is 0. The van der Waals surface area contributed by atoms with E-state index in [-0.39, 0.29) is 11.7 Å². The third kappa shape index (κ3) is 5.08. The second-order valence-electron chi connectivity index (χ2n) is 9.61. The van der Waals surface area contributed by atoms with E-state index in [2.05, 4.69) is 72.5 Å². The molecule has 36 heavy (non-hydrogen) atoms. The minimum atomic E-state index is -0.493. The maximum atomic E-state index is 14.8. The average molecular weight is 489 g/mol. The van der Waals surface area contributed by atoms with Gasteiger partial charge in [-0.1, -0.05) is 19.1 Å². The molecule has 0 spiro atoms. The average Bonchev–Trinajstić information content (AvgIpc) is 3.22. The Morgan fingerprint density at radius 2 is 1.69 bits per heavy atom. The third-order valence-corrected chi connectivity index (χ3v) is 6.79. The van der Waals surface area contributed by atoms with E-state index in [1.807, 2.05) is 25.1 Å². The van der Waals surface area contributed by atoms with Crippen molar-refractivity contribution < 1.29 is 4.39 Å². The van der Waals surface area contributed by atoms with Crippen molar-refractivity contribution in [3.63, 3.8) is 0 Å². The smallest absolute Gasteiger partial charge is 0.227 e. The highest BCUT2D eigenvalue weighted by atomic mass is 19.1. The summed E-state index contributed by atoms with van der Waals surface area (Å²) in [5.41, 5.74) is 4.42. The van der Waals surface area contributed by atoms with E-state index in [0.717, 1.165) is 56.3 Å². The van der Waals surface area contributed by atoms with E-state index in [4.69, 9.17) is 0 Å². The lowest BCUT2D eigenvalue weighted by Crippen LogP contribution is -2.45. The van der Waals surface area contributed by atoms with E-state index in [0.29, 0.717) is 17.2 Å². The Morgan fingerprint density at radius 1 is 0.972 bits per heavy atom. The lowest BCUT2D eigenvalue weighted by molar-refractivity contribution is 0.132. The summed E-state index contributed by atoms with van der Waals surface area (Å²) in [5.74, 6) is 0.720. The van der Waals surface area contributed by atoms with Crippen LogP contribution in [0.15, 0.2) is 42.7 Å². The monoisotopic (exact) mass is 488 g/mol. The molecule has 0 unspecified atom stereocenters. The predicted molar refractivity (Wildman–Crippen MR) is 141 cm³/mol. The molecule has 3 aromatic heterocycles. The number of aromatic nitrogens is 5. The molecule has 0 saturated carbocycles. The van der Waals surface area contributed by atoms with Crippen molar-refractivity contribution in [3.05, 3.63) is 59.9 Å². The van der Waals surface area contributed by atoms with E-state index in [1.165, 1.54) is 11.8 Å². The topological polar surface area (TPSA) is 75.0 Å². The van der Waals surface area contributed by atoms with Gasteiger partial charge in [0, 0.05) is 56.2 Å². The minimum Gasteiger partial charge on any atom is -0.324 e. The van der Waals surface area contributed by atoms with Crippen molar-refractivity contribution in [1.29, 1.82) is 0 Å². The number of pyridine rings is 1. The molecular formula is C27H33FN8. The second-order valence-corrected chi connectivity index (χ2v) is 9.61. The van der Waals surface area contributed by atoms with Crippen LogP contribution in [0.4, 0.5) is 16.0 Å². The summed E-state index contributed by atoms with van der Waals surface area (Å²) in [4.78, 5) is 22.6. The number of benzene rings is 1. The van der Waals surface area contributed by atoms with Crippen LogP contribution in [0, 0.1) is 12.7 Å². The molecule has 0 radical (unpaired) electrons. The maximum absolute atomic E-state index is 14.8. The molecule has 1 aliphatic heterocycles. The molecule has 1 fully saturated rings. The van der Waals surface area contributed by atoms with Gasteiger partial charge in [-0.15, -0.1) is 0 Å². The molecule has 4 heterocycles. The number of hydrogen-bond acceptors (Lipinski definition) is 7. The third-order valence-electron chi connectivity index (χ3n) is 6.79. The van der Waals surface area contributed by atoms with Gasteiger partial charge in [-0.2, -0.15) is 0 Å². The second kappa shape index (κ2) is 10.3. The van der Waals surface area contributed by atoms with Gasteiger partial charge in [0.2, 0.25) is 5.95 Å². The van der Waals surface area contributed by atoms with Gasteiger partial charge in [0.05, 0.1) is 11.7 Å². The van der Waals surface area contributed by atoms with E-state index < -0.39 is 5.82 Å². The molecule has 188 valence electrons. The highest BCUT2D eigenvalue weighted by Crippen LogP contribution is 2.27. The summed E-state index contributed by atoms with van der Waals surface area (Å²) in [6.45, 7) is 14.9. The first kappa shape index (κ1) is 24.3. The Balaban J connectivity index is 1.32. The lowest BCUT2D eigenvalue weighted by atomic mass is 10.1. The molecule has 1 saturated heterocycles. The van der Waals surface area contributed by atoms with Gasteiger partial charge >= 0.3 is 0 Å². The van der Waals surface area contributed by atoms with Crippen molar-refractivity contribution in [1.82, 2.24) is 34.3 Å². The van der Waals surface area contributed by atoms with Gasteiger partial charge in [-0.25, -0.2) is 24.3 Å². The Hall–Kier alpha value is -3.43. The summed E-state index contributed by atoms with van der Waals surface area (Å²) in [6.07, 6.45) is 2.81. The molecular weight excluding hydrogens is 455 g/mol.